The van der Waals surface area contributed by atoms with Crippen LogP contribution in [0, 0.1) is 0 Å². The van der Waals surface area contributed by atoms with Gasteiger partial charge in [0.25, 0.3) is 0 Å². The normalized spacial score (nSPS) is 34.1. The Bertz CT molecular complexity index is 421. The fourth-order valence-corrected chi connectivity index (χ4v) is 1.68. The minimum Gasteiger partial charge on any atom is -0.481 e. The van der Waals surface area contributed by atoms with Gasteiger partial charge in [-0.05, 0) is 0 Å². The Morgan fingerprint density at radius 1 is 1.00 bits per heavy atom. The average Bonchev–Trinajstić information content (AvgIpc) is 2.37. The van der Waals surface area contributed by atoms with Gasteiger partial charge in [0.15, 0.2) is 18.5 Å². The monoisotopic (exact) mass is 310 g/mol. The first kappa shape index (κ1) is 17.3. The largest absolute Gasteiger partial charge is 0.481 e. The zero-order valence-electron chi connectivity index (χ0n) is 10.4. The summed E-state index contributed by atoms with van der Waals surface area (Å²) in [6.07, 6.45) is -12.7. The Morgan fingerprint density at radius 2 is 1.57 bits per heavy atom. The second-order valence-corrected chi connectivity index (χ2v) is 4.30. The van der Waals surface area contributed by atoms with Gasteiger partial charge in [0, 0.05) is 0 Å². The molecule has 120 valence electrons. The summed E-state index contributed by atoms with van der Waals surface area (Å²) in [5, 5.41) is 54.6. The van der Waals surface area contributed by atoms with Gasteiger partial charge in [0.2, 0.25) is 0 Å². The summed E-state index contributed by atoms with van der Waals surface area (Å²) in [6.45, 7) is 0. The highest BCUT2D eigenvalue weighted by molar-refractivity contribution is 5.79. The molecule has 0 bridgehead atoms. The maximum Gasteiger partial charge on any atom is 0.335 e. The zero-order chi connectivity index (χ0) is 16.3. The molecule has 0 aromatic carbocycles. The van der Waals surface area contributed by atoms with E-state index in [4.69, 9.17) is 15.3 Å². The molecule has 1 aliphatic heterocycles. The Morgan fingerprint density at radius 3 is 2.00 bits per heavy atom. The van der Waals surface area contributed by atoms with Crippen LogP contribution in [0.15, 0.2) is 0 Å². The van der Waals surface area contributed by atoms with Crippen molar-refractivity contribution in [3.05, 3.63) is 0 Å². The molecule has 1 saturated heterocycles. The Kier molecular flexibility index (Phi) is 5.57. The molecule has 0 aliphatic carbocycles. The van der Waals surface area contributed by atoms with E-state index in [1.54, 1.807) is 0 Å². The van der Waals surface area contributed by atoms with E-state index in [0.29, 0.717) is 0 Å². The summed E-state index contributed by atoms with van der Waals surface area (Å²) >= 11 is 0. The van der Waals surface area contributed by atoms with Crippen LogP contribution in [0.5, 0.6) is 0 Å². The van der Waals surface area contributed by atoms with Crippen molar-refractivity contribution >= 4 is 17.9 Å². The Hall–Kier alpha value is -1.79. The van der Waals surface area contributed by atoms with Crippen LogP contribution in [0.3, 0.4) is 0 Å². The van der Waals surface area contributed by atoms with Gasteiger partial charge in [-0.15, -0.1) is 0 Å². The van der Waals surface area contributed by atoms with E-state index in [0.717, 1.165) is 0 Å². The van der Waals surface area contributed by atoms with Crippen molar-refractivity contribution in [2.45, 2.75) is 43.2 Å². The summed E-state index contributed by atoms with van der Waals surface area (Å²) in [5.41, 5.74) is 0. The second-order valence-electron chi connectivity index (χ2n) is 4.30. The van der Waals surface area contributed by atoms with Crippen LogP contribution in [-0.2, 0) is 23.9 Å². The quantitative estimate of drug-likeness (QED) is 0.290. The molecule has 0 aromatic heterocycles. The van der Waals surface area contributed by atoms with Crippen LogP contribution < -0.4 is 0 Å². The number of carbonyl (C=O) groups is 3. The van der Waals surface area contributed by atoms with Crippen LogP contribution in [0.4, 0.5) is 0 Å². The minimum absolute atomic E-state index is 0.974. The molecule has 6 N–H and O–H groups in total. The fraction of sp³-hybridized carbons (Fsp3) is 0.700. The first-order valence-electron chi connectivity index (χ1n) is 5.67. The zero-order valence-corrected chi connectivity index (χ0v) is 10.4. The fourth-order valence-electron chi connectivity index (χ4n) is 1.68. The molecule has 0 spiro atoms. The van der Waals surface area contributed by atoms with Gasteiger partial charge < -0.3 is 40.1 Å². The molecule has 1 rings (SSSR count). The van der Waals surface area contributed by atoms with E-state index in [1.165, 1.54) is 0 Å². The highest BCUT2D eigenvalue weighted by atomic mass is 16.7. The topological polar surface area (TPSA) is 191 Å². The first-order chi connectivity index (χ1) is 9.65. The van der Waals surface area contributed by atoms with Gasteiger partial charge in [-0.1, -0.05) is 0 Å². The van der Waals surface area contributed by atoms with Gasteiger partial charge in [-0.3, -0.25) is 4.79 Å². The number of aliphatic hydroxyl groups excluding tert-OH is 3. The summed E-state index contributed by atoms with van der Waals surface area (Å²) < 4.78 is 9.36. The maximum absolute atomic E-state index is 10.8. The lowest BCUT2D eigenvalue weighted by molar-refractivity contribution is -0.303. The molecule has 0 saturated carbocycles. The summed E-state index contributed by atoms with van der Waals surface area (Å²) in [4.78, 5) is 32.1. The van der Waals surface area contributed by atoms with Gasteiger partial charge in [0.05, 0.1) is 6.42 Å². The van der Waals surface area contributed by atoms with Crippen LogP contribution in [0.2, 0.25) is 0 Å². The van der Waals surface area contributed by atoms with E-state index in [-0.39, 0.29) is 0 Å². The van der Waals surface area contributed by atoms with Crippen molar-refractivity contribution in [3.63, 3.8) is 0 Å². The Labute approximate surface area is 116 Å². The van der Waals surface area contributed by atoms with E-state index in [2.05, 4.69) is 9.47 Å². The summed E-state index contributed by atoms with van der Waals surface area (Å²) in [6, 6.07) is 0. The van der Waals surface area contributed by atoms with Crippen LogP contribution >= 0.6 is 0 Å². The molecular formula is C10H14O11. The van der Waals surface area contributed by atoms with Crippen LogP contribution in [0.1, 0.15) is 6.42 Å². The maximum atomic E-state index is 10.8. The molecule has 0 radical (unpaired) electrons. The van der Waals surface area contributed by atoms with Crippen molar-refractivity contribution < 1.29 is 54.5 Å². The molecule has 21 heavy (non-hydrogen) atoms. The number of aliphatic carboxylic acids is 3. The molecule has 0 amide bonds. The van der Waals surface area contributed by atoms with Gasteiger partial charge in [-0.25, -0.2) is 9.59 Å². The first-order valence-corrected chi connectivity index (χ1v) is 5.67. The highest BCUT2D eigenvalue weighted by Gasteiger charge is 2.48. The standard InChI is InChI=1S/C10H14O11/c11-3(12)1-2(8(16)17)20-10-6(15)4(13)5(14)7(21-10)9(18)19/h2,4-7,10,13-15H,1H2,(H,11,12)(H,16,17)(H,18,19)/t2?,4?,5-,6?,7?,10+/m0/s1. The second kappa shape index (κ2) is 6.78. The molecule has 1 aliphatic rings. The number of ether oxygens (including phenoxy) is 2. The lowest BCUT2D eigenvalue weighted by Crippen LogP contribution is -2.61. The molecule has 11 heteroatoms. The molecule has 0 aromatic rings. The van der Waals surface area contributed by atoms with Crippen molar-refractivity contribution in [1.82, 2.24) is 0 Å². The number of carboxylic acid groups (broad SMARTS) is 3. The predicted molar refractivity (Wildman–Crippen MR) is 59.1 cm³/mol. The third-order valence-electron chi connectivity index (χ3n) is 2.75. The SMILES string of the molecule is O=C(O)CC(O[C@@H]1OC(C(=O)O)[C@@H](O)C(O)C1O)C(=O)O. The van der Waals surface area contributed by atoms with Gasteiger partial charge in [0.1, 0.15) is 18.3 Å². The lowest BCUT2D eigenvalue weighted by Gasteiger charge is -2.39. The molecule has 11 nitrogen and oxygen atoms in total. The molecule has 1 heterocycles. The number of rotatable bonds is 6. The van der Waals surface area contributed by atoms with Crippen molar-refractivity contribution in [2.75, 3.05) is 0 Å². The van der Waals surface area contributed by atoms with Gasteiger partial charge in [-0.2, -0.15) is 0 Å². The molecular weight excluding hydrogens is 296 g/mol. The van der Waals surface area contributed by atoms with Crippen LogP contribution in [0.25, 0.3) is 0 Å². The van der Waals surface area contributed by atoms with E-state index in [9.17, 15) is 29.7 Å². The lowest BCUT2D eigenvalue weighted by atomic mass is 9.99. The summed E-state index contributed by atoms with van der Waals surface area (Å²) in [5.74, 6) is -4.86. The van der Waals surface area contributed by atoms with E-state index in [1.807, 2.05) is 0 Å². The van der Waals surface area contributed by atoms with Gasteiger partial charge >= 0.3 is 17.9 Å². The highest BCUT2D eigenvalue weighted by Crippen LogP contribution is 2.23. The number of aliphatic hydroxyl groups is 3. The van der Waals surface area contributed by atoms with Crippen molar-refractivity contribution in [3.8, 4) is 0 Å². The number of hydrogen-bond acceptors (Lipinski definition) is 8. The van der Waals surface area contributed by atoms with Crippen molar-refractivity contribution in [1.29, 1.82) is 0 Å². The van der Waals surface area contributed by atoms with E-state index >= 15 is 0 Å². The van der Waals surface area contributed by atoms with Crippen molar-refractivity contribution in [2.24, 2.45) is 0 Å². The molecule has 4 unspecified atom stereocenters. The third kappa shape index (κ3) is 4.09. The summed E-state index contributed by atoms with van der Waals surface area (Å²) in [7, 11) is 0. The smallest absolute Gasteiger partial charge is 0.335 e. The Balaban J connectivity index is 2.86. The molecule has 1 fully saturated rings. The molecule has 6 atom stereocenters. The number of carboxylic acids is 3. The van der Waals surface area contributed by atoms with Crippen LogP contribution in [-0.4, -0.2) is 85.4 Å². The number of hydrogen-bond donors (Lipinski definition) is 6. The predicted octanol–water partition coefficient (Wildman–Crippen LogP) is -3.18. The van der Waals surface area contributed by atoms with E-state index < -0.39 is 61.1 Å². The third-order valence-corrected chi connectivity index (χ3v) is 2.75. The minimum atomic E-state index is -1.97. The average molecular weight is 310 g/mol.